The summed E-state index contributed by atoms with van der Waals surface area (Å²) in [5.74, 6) is 2.84. The van der Waals surface area contributed by atoms with Gasteiger partial charge in [-0.2, -0.15) is 0 Å². The maximum Gasteiger partial charge on any atom is 0.223 e. The third-order valence-corrected chi connectivity index (χ3v) is 7.28. The number of anilines is 1. The predicted octanol–water partition coefficient (Wildman–Crippen LogP) is 3.40. The predicted molar refractivity (Wildman–Crippen MR) is 129 cm³/mol. The standard InChI is InChI=1S/C26H26N6O3/c1-14-22(15(2)35-30-14)18-8-9-20-23-24(18)34-13-21(19-5-3-4-10-27-19)32(23)26(29-20)31-11-17(12-31)28-25(33)16-6-7-16/h3-5,8-10,16-17,21H,6-7,11-13H2,1-2H3,(H,28,33)/t21-/m1/s1. The second-order valence-corrected chi connectivity index (χ2v) is 9.76. The smallest absolute Gasteiger partial charge is 0.223 e. The molecular formula is C26H26N6O3. The second kappa shape index (κ2) is 7.56. The number of pyridine rings is 1. The number of ether oxygens (including phenoxy) is 1. The van der Waals surface area contributed by atoms with Gasteiger partial charge in [-0.05, 0) is 51.0 Å². The summed E-state index contributed by atoms with van der Waals surface area (Å²) in [6.45, 7) is 5.79. The fourth-order valence-electron chi connectivity index (χ4n) is 5.30. The summed E-state index contributed by atoms with van der Waals surface area (Å²) in [5.41, 5.74) is 5.50. The number of benzene rings is 1. The molecule has 0 spiro atoms. The van der Waals surface area contributed by atoms with Crippen LogP contribution in [0.15, 0.2) is 41.1 Å². The zero-order valence-corrected chi connectivity index (χ0v) is 19.7. The van der Waals surface area contributed by atoms with Crippen molar-refractivity contribution in [2.75, 3.05) is 24.6 Å². The summed E-state index contributed by atoms with van der Waals surface area (Å²) < 4.78 is 14.1. The minimum atomic E-state index is -0.108. The van der Waals surface area contributed by atoms with Crippen LogP contribution in [0, 0.1) is 19.8 Å². The number of carbonyl (C=O) groups is 1. The Hall–Kier alpha value is -3.88. The summed E-state index contributed by atoms with van der Waals surface area (Å²) in [5, 5.41) is 7.34. The lowest BCUT2D eigenvalue weighted by atomic mass is 10.0. The fraction of sp³-hybridized carbons (Fsp3) is 0.385. The van der Waals surface area contributed by atoms with Crippen molar-refractivity contribution in [3.05, 3.63) is 53.7 Å². The average molecular weight is 471 g/mol. The molecule has 7 rings (SSSR count). The number of nitrogens with one attached hydrogen (secondary N) is 1. The summed E-state index contributed by atoms with van der Waals surface area (Å²) >= 11 is 0. The van der Waals surface area contributed by atoms with E-state index >= 15 is 0 Å². The van der Waals surface area contributed by atoms with Gasteiger partial charge in [-0.15, -0.1) is 0 Å². The minimum Gasteiger partial charge on any atom is -0.488 e. The largest absolute Gasteiger partial charge is 0.488 e. The van der Waals surface area contributed by atoms with Gasteiger partial charge < -0.3 is 19.5 Å². The molecule has 3 aliphatic rings. The zero-order valence-electron chi connectivity index (χ0n) is 19.7. The Kier molecular flexibility index (Phi) is 4.43. The summed E-state index contributed by atoms with van der Waals surface area (Å²) in [6.07, 6.45) is 3.84. The van der Waals surface area contributed by atoms with Crippen molar-refractivity contribution in [3.8, 4) is 16.9 Å². The topological polar surface area (TPSA) is 98.3 Å². The van der Waals surface area contributed by atoms with Crippen LogP contribution in [-0.4, -0.2) is 51.3 Å². The molecule has 1 aliphatic carbocycles. The molecule has 35 heavy (non-hydrogen) atoms. The van der Waals surface area contributed by atoms with E-state index in [1.807, 2.05) is 50.4 Å². The lowest BCUT2D eigenvalue weighted by Crippen LogP contribution is -2.60. The first-order valence-electron chi connectivity index (χ1n) is 12.2. The van der Waals surface area contributed by atoms with E-state index in [9.17, 15) is 4.79 Å². The van der Waals surface area contributed by atoms with Crippen LogP contribution in [0.1, 0.15) is 36.0 Å². The van der Waals surface area contributed by atoms with Gasteiger partial charge in [0.25, 0.3) is 0 Å². The maximum atomic E-state index is 12.2. The van der Waals surface area contributed by atoms with Gasteiger partial charge in [-0.1, -0.05) is 11.2 Å². The summed E-state index contributed by atoms with van der Waals surface area (Å²) in [6, 6.07) is 10.1. The molecule has 0 unspecified atom stereocenters. The first-order chi connectivity index (χ1) is 17.1. The van der Waals surface area contributed by atoms with Crippen molar-refractivity contribution in [2.24, 2.45) is 5.92 Å². The van der Waals surface area contributed by atoms with Gasteiger partial charge in [0, 0.05) is 30.8 Å². The highest BCUT2D eigenvalue weighted by Crippen LogP contribution is 2.46. The Bertz CT molecular complexity index is 1430. The van der Waals surface area contributed by atoms with Crippen LogP contribution < -0.4 is 15.0 Å². The third-order valence-electron chi connectivity index (χ3n) is 7.28. The lowest BCUT2D eigenvalue weighted by molar-refractivity contribution is -0.123. The molecule has 1 saturated heterocycles. The SMILES string of the molecule is Cc1noc(C)c1-c1ccc2nc(N3CC(NC(=O)C4CC4)C3)n3c2c1OC[C@@H]3c1ccccn1. The van der Waals surface area contributed by atoms with Crippen molar-refractivity contribution in [2.45, 2.75) is 38.8 Å². The highest BCUT2D eigenvalue weighted by atomic mass is 16.5. The highest BCUT2D eigenvalue weighted by molar-refractivity contribution is 5.94. The van der Waals surface area contributed by atoms with Crippen LogP contribution in [-0.2, 0) is 4.79 Å². The van der Waals surface area contributed by atoms with Gasteiger partial charge in [0.15, 0.2) is 5.75 Å². The van der Waals surface area contributed by atoms with Crippen LogP contribution in [0.4, 0.5) is 5.95 Å². The Morgan fingerprint density at radius 1 is 1.14 bits per heavy atom. The van der Waals surface area contributed by atoms with Gasteiger partial charge >= 0.3 is 0 Å². The average Bonchev–Trinajstić information content (AvgIpc) is 3.56. The molecule has 1 N–H and O–H groups in total. The van der Waals surface area contributed by atoms with E-state index in [1.165, 1.54) is 0 Å². The van der Waals surface area contributed by atoms with Crippen molar-refractivity contribution in [1.82, 2.24) is 25.0 Å². The number of aryl methyl sites for hydroxylation is 2. The molecule has 3 aromatic heterocycles. The van der Waals surface area contributed by atoms with Crippen LogP contribution in [0.3, 0.4) is 0 Å². The number of rotatable bonds is 5. The van der Waals surface area contributed by atoms with Gasteiger partial charge in [-0.25, -0.2) is 4.98 Å². The fourth-order valence-corrected chi connectivity index (χ4v) is 5.30. The monoisotopic (exact) mass is 470 g/mol. The normalized spacial score (nSPS) is 19.5. The molecule has 1 amide bonds. The zero-order chi connectivity index (χ0) is 23.7. The summed E-state index contributed by atoms with van der Waals surface area (Å²) in [7, 11) is 0. The Morgan fingerprint density at radius 2 is 2.00 bits per heavy atom. The maximum absolute atomic E-state index is 12.2. The van der Waals surface area contributed by atoms with E-state index in [-0.39, 0.29) is 23.9 Å². The van der Waals surface area contributed by atoms with Crippen molar-refractivity contribution >= 4 is 22.9 Å². The Balaban J connectivity index is 1.33. The van der Waals surface area contributed by atoms with E-state index in [1.54, 1.807) is 0 Å². The molecular weight excluding hydrogens is 444 g/mol. The molecule has 0 bridgehead atoms. The number of hydrogen-bond donors (Lipinski definition) is 1. The first kappa shape index (κ1) is 20.5. The van der Waals surface area contributed by atoms with Crippen LogP contribution in [0.2, 0.25) is 0 Å². The molecule has 1 aromatic carbocycles. The lowest BCUT2D eigenvalue weighted by Gasteiger charge is -2.41. The quantitative estimate of drug-likeness (QED) is 0.477. The van der Waals surface area contributed by atoms with Crippen molar-refractivity contribution in [3.63, 3.8) is 0 Å². The van der Waals surface area contributed by atoms with E-state index in [0.29, 0.717) is 6.61 Å². The third kappa shape index (κ3) is 3.21. The highest BCUT2D eigenvalue weighted by Gasteiger charge is 2.39. The number of amides is 1. The van der Waals surface area contributed by atoms with E-state index in [0.717, 1.165) is 76.9 Å². The molecule has 4 aromatic rings. The summed E-state index contributed by atoms with van der Waals surface area (Å²) in [4.78, 5) is 24.1. The molecule has 9 heteroatoms. The Morgan fingerprint density at radius 3 is 2.71 bits per heavy atom. The van der Waals surface area contributed by atoms with Crippen LogP contribution in [0.5, 0.6) is 5.75 Å². The molecule has 178 valence electrons. The molecule has 5 heterocycles. The number of imidazole rings is 1. The van der Waals surface area contributed by atoms with Crippen LogP contribution in [0.25, 0.3) is 22.2 Å². The molecule has 1 atom stereocenters. The van der Waals surface area contributed by atoms with Gasteiger partial charge in [0.05, 0.1) is 28.5 Å². The Labute approximate surface area is 202 Å². The number of aromatic nitrogens is 4. The second-order valence-electron chi connectivity index (χ2n) is 9.76. The van der Waals surface area contributed by atoms with Gasteiger partial charge in [-0.3, -0.25) is 14.3 Å². The molecule has 2 fully saturated rings. The van der Waals surface area contributed by atoms with Crippen molar-refractivity contribution < 1.29 is 14.1 Å². The van der Waals surface area contributed by atoms with Gasteiger partial charge in [0.1, 0.15) is 23.9 Å². The van der Waals surface area contributed by atoms with E-state index in [4.69, 9.17) is 14.2 Å². The number of nitrogens with zero attached hydrogens (tertiary/aromatic N) is 5. The van der Waals surface area contributed by atoms with E-state index < -0.39 is 0 Å². The molecule has 1 saturated carbocycles. The van der Waals surface area contributed by atoms with Crippen molar-refractivity contribution in [1.29, 1.82) is 0 Å². The minimum absolute atomic E-state index is 0.108. The van der Waals surface area contributed by atoms with Crippen LogP contribution >= 0.6 is 0 Å². The molecule has 0 radical (unpaired) electrons. The number of carbonyl (C=O) groups excluding carboxylic acids is 1. The van der Waals surface area contributed by atoms with Gasteiger partial charge in [0.2, 0.25) is 11.9 Å². The molecule has 9 nitrogen and oxygen atoms in total. The van der Waals surface area contributed by atoms with E-state index in [2.05, 4.69) is 24.9 Å². The molecule has 2 aliphatic heterocycles. The first-order valence-corrected chi connectivity index (χ1v) is 12.2. The number of hydrogen-bond acceptors (Lipinski definition) is 7.